The first kappa shape index (κ1) is 17.5. The number of carboxylic acids is 1. The zero-order chi connectivity index (χ0) is 16.0. The lowest BCUT2D eigenvalue weighted by Gasteiger charge is -2.37. The van der Waals surface area contributed by atoms with Crippen molar-refractivity contribution in [1.29, 1.82) is 0 Å². The number of carbonyl (C=O) groups is 3. The van der Waals surface area contributed by atoms with Gasteiger partial charge in [-0.3, -0.25) is 14.4 Å². The fraction of sp³-hybridized carbons (Fsp3) is 0.800. The summed E-state index contributed by atoms with van der Waals surface area (Å²) in [4.78, 5) is 38.1. The summed E-state index contributed by atoms with van der Waals surface area (Å²) < 4.78 is 0. The van der Waals surface area contributed by atoms with Gasteiger partial charge in [0.05, 0.1) is 0 Å². The molecular weight excluding hydrogens is 272 g/mol. The molecule has 1 heterocycles. The van der Waals surface area contributed by atoms with E-state index in [4.69, 9.17) is 5.11 Å². The van der Waals surface area contributed by atoms with Gasteiger partial charge in [0, 0.05) is 44.4 Å². The maximum Gasteiger partial charge on any atom is 0.303 e. The number of unbranched alkanes of at least 4 members (excludes halogenated alkanes) is 1. The van der Waals surface area contributed by atoms with E-state index < -0.39 is 5.97 Å². The van der Waals surface area contributed by atoms with Crippen LogP contribution in [0.2, 0.25) is 0 Å². The first-order valence-electron chi connectivity index (χ1n) is 7.51. The van der Waals surface area contributed by atoms with Crippen LogP contribution in [0.1, 0.15) is 46.5 Å². The molecule has 0 aromatic rings. The van der Waals surface area contributed by atoms with Crippen molar-refractivity contribution in [2.75, 3.05) is 26.2 Å². The average Bonchev–Trinajstić information content (AvgIpc) is 2.41. The monoisotopic (exact) mass is 298 g/mol. The van der Waals surface area contributed by atoms with Crippen LogP contribution in [0, 0.1) is 5.41 Å². The number of nitrogens with zero attached hydrogens (tertiary/aromatic N) is 2. The molecule has 0 radical (unpaired) electrons. The summed E-state index contributed by atoms with van der Waals surface area (Å²) >= 11 is 0. The van der Waals surface area contributed by atoms with Gasteiger partial charge in [0.15, 0.2) is 0 Å². The zero-order valence-electron chi connectivity index (χ0n) is 13.2. The molecule has 1 rings (SSSR count). The van der Waals surface area contributed by atoms with Crippen LogP contribution < -0.4 is 0 Å². The van der Waals surface area contributed by atoms with Crippen molar-refractivity contribution in [3.63, 3.8) is 0 Å². The minimum Gasteiger partial charge on any atom is -0.481 e. The third-order valence-electron chi connectivity index (χ3n) is 3.59. The largest absolute Gasteiger partial charge is 0.481 e. The highest BCUT2D eigenvalue weighted by Crippen LogP contribution is 2.19. The summed E-state index contributed by atoms with van der Waals surface area (Å²) in [5.74, 6) is -0.643. The van der Waals surface area contributed by atoms with E-state index in [0.717, 1.165) is 0 Å². The smallest absolute Gasteiger partial charge is 0.303 e. The molecule has 0 atom stereocenters. The van der Waals surface area contributed by atoms with Crippen molar-refractivity contribution in [2.24, 2.45) is 5.41 Å². The molecule has 1 saturated heterocycles. The third-order valence-corrected chi connectivity index (χ3v) is 3.59. The first-order chi connectivity index (χ1) is 9.71. The molecule has 21 heavy (non-hydrogen) atoms. The van der Waals surface area contributed by atoms with Gasteiger partial charge in [-0.1, -0.05) is 20.8 Å². The number of aliphatic carboxylic acids is 1. The topological polar surface area (TPSA) is 77.9 Å². The maximum absolute atomic E-state index is 12.1. The molecule has 1 aliphatic rings. The Balaban J connectivity index is 2.31. The van der Waals surface area contributed by atoms with Crippen LogP contribution in [0.3, 0.4) is 0 Å². The second-order valence-electron chi connectivity index (χ2n) is 6.52. The summed E-state index contributed by atoms with van der Waals surface area (Å²) in [6.45, 7) is 7.99. The lowest BCUT2D eigenvalue weighted by molar-refractivity contribution is -0.145. The predicted molar refractivity (Wildman–Crippen MR) is 78.7 cm³/mol. The van der Waals surface area contributed by atoms with E-state index in [1.807, 2.05) is 25.7 Å². The van der Waals surface area contributed by atoms with E-state index in [9.17, 15) is 14.4 Å². The second kappa shape index (κ2) is 7.43. The summed E-state index contributed by atoms with van der Waals surface area (Å²) in [5.41, 5.74) is -0.386. The molecule has 1 fully saturated rings. The Labute approximate surface area is 126 Å². The molecule has 0 saturated carbocycles. The van der Waals surface area contributed by atoms with Crippen LogP contribution in [0.15, 0.2) is 0 Å². The Kier molecular flexibility index (Phi) is 6.18. The molecule has 1 aliphatic heterocycles. The Morgan fingerprint density at radius 3 is 1.86 bits per heavy atom. The van der Waals surface area contributed by atoms with Crippen molar-refractivity contribution >= 4 is 17.8 Å². The number of carboxylic acid groups (broad SMARTS) is 1. The number of hydrogen-bond acceptors (Lipinski definition) is 3. The maximum atomic E-state index is 12.1. The van der Waals surface area contributed by atoms with E-state index in [0.29, 0.717) is 45.4 Å². The van der Waals surface area contributed by atoms with Gasteiger partial charge in [0.2, 0.25) is 11.8 Å². The predicted octanol–water partition coefficient (Wildman–Crippen LogP) is 1.35. The van der Waals surface area contributed by atoms with Crippen molar-refractivity contribution in [3.8, 4) is 0 Å². The van der Waals surface area contributed by atoms with Crippen LogP contribution in [-0.4, -0.2) is 58.9 Å². The van der Waals surface area contributed by atoms with Gasteiger partial charge in [0.25, 0.3) is 0 Å². The molecule has 1 N–H and O–H groups in total. The van der Waals surface area contributed by atoms with Gasteiger partial charge in [-0.05, 0) is 12.8 Å². The lowest BCUT2D eigenvalue weighted by atomic mass is 9.94. The molecule has 2 amide bonds. The van der Waals surface area contributed by atoms with E-state index in [2.05, 4.69) is 0 Å². The number of hydrogen-bond donors (Lipinski definition) is 1. The minimum absolute atomic E-state index is 0.0586. The molecule has 120 valence electrons. The first-order valence-corrected chi connectivity index (χ1v) is 7.51. The molecular formula is C15H26N2O4. The normalized spacial score (nSPS) is 16.0. The van der Waals surface area contributed by atoms with Gasteiger partial charge >= 0.3 is 5.97 Å². The Bertz CT molecular complexity index is 393. The van der Waals surface area contributed by atoms with Gasteiger partial charge in [-0.2, -0.15) is 0 Å². The highest BCUT2D eigenvalue weighted by atomic mass is 16.4. The second-order valence-corrected chi connectivity index (χ2v) is 6.52. The summed E-state index contributed by atoms with van der Waals surface area (Å²) in [6.07, 6.45) is 1.64. The van der Waals surface area contributed by atoms with Crippen LogP contribution in [-0.2, 0) is 14.4 Å². The van der Waals surface area contributed by atoms with Crippen molar-refractivity contribution in [1.82, 2.24) is 9.80 Å². The van der Waals surface area contributed by atoms with Crippen LogP contribution in [0.5, 0.6) is 0 Å². The van der Waals surface area contributed by atoms with Gasteiger partial charge in [-0.25, -0.2) is 0 Å². The summed E-state index contributed by atoms with van der Waals surface area (Å²) in [5, 5.41) is 8.54. The molecule has 0 aromatic carbocycles. The zero-order valence-corrected chi connectivity index (χ0v) is 13.2. The highest BCUT2D eigenvalue weighted by molar-refractivity contribution is 5.82. The third kappa shape index (κ3) is 5.73. The van der Waals surface area contributed by atoms with Gasteiger partial charge in [-0.15, -0.1) is 0 Å². The lowest BCUT2D eigenvalue weighted by Crippen LogP contribution is -2.53. The Morgan fingerprint density at radius 2 is 1.38 bits per heavy atom. The Morgan fingerprint density at radius 1 is 0.905 bits per heavy atom. The molecule has 0 aliphatic carbocycles. The van der Waals surface area contributed by atoms with E-state index >= 15 is 0 Å². The molecule has 6 heteroatoms. The SMILES string of the molecule is CC(C)(C)C(=O)N1CCN(C(=O)CCCCC(=O)O)CC1. The fourth-order valence-corrected chi connectivity index (χ4v) is 2.34. The van der Waals surface area contributed by atoms with Gasteiger partial charge in [0.1, 0.15) is 0 Å². The average molecular weight is 298 g/mol. The van der Waals surface area contributed by atoms with Crippen molar-refractivity contribution < 1.29 is 19.5 Å². The fourth-order valence-electron chi connectivity index (χ4n) is 2.34. The number of piperazine rings is 1. The number of amides is 2. The quantitative estimate of drug-likeness (QED) is 0.777. The standard InChI is InChI=1S/C15H26N2O4/c1-15(2,3)14(21)17-10-8-16(9-11-17)12(18)6-4-5-7-13(19)20/h4-11H2,1-3H3,(H,19,20). The van der Waals surface area contributed by atoms with Crippen LogP contribution in [0.25, 0.3) is 0 Å². The molecule has 0 unspecified atom stereocenters. The van der Waals surface area contributed by atoms with Crippen LogP contribution in [0.4, 0.5) is 0 Å². The molecule has 0 aromatic heterocycles. The molecule has 0 bridgehead atoms. The van der Waals surface area contributed by atoms with E-state index in [1.165, 1.54) is 0 Å². The van der Waals surface area contributed by atoms with Crippen molar-refractivity contribution in [2.45, 2.75) is 46.5 Å². The van der Waals surface area contributed by atoms with E-state index in [-0.39, 0.29) is 23.7 Å². The molecule has 0 spiro atoms. The number of rotatable bonds is 5. The number of carbonyl (C=O) groups excluding carboxylic acids is 2. The molecule has 6 nitrogen and oxygen atoms in total. The van der Waals surface area contributed by atoms with Crippen LogP contribution >= 0.6 is 0 Å². The summed E-state index contributed by atoms with van der Waals surface area (Å²) in [7, 11) is 0. The minimum atomic E-state index is -0.822. The van der Waals surface area contributed by atoms with Gasteiger partial charge < -0.3 is 14.9 Å². The van der Waals surface area contributed by atoms with Crippen molar-refractivity contribution in [3.05, 3.63) is 0 Å². The highest BCUT2D eigenvalue weighted by Gasteiger charge is 2.30. The summed E-state index contributed by atoms with van der Waals surface area (Å²) in [6, 6.07) is 0. The Hall–Kier alpha value is -1.59. The van der Waals surface area contributed by atoms with E-state index in [1.54, 1.807) is 4.90 Å².